The van der Waals surface area contributed by atoms with Gasteiger partial charge in [0.05, 0.1) is 13.3 Å². The molecule has 0 saturated carbocycles. The summed E-state index contributed by atoms with van der Waals surface area (Å²) in [5.41, 5.74) is 7.31. The number of benzene rings is 3. The smallest absolute Gasteiger partial charge is 0.277 e. The van der Waals surface area contributed by atoms with Crippen LogP contribution in [0.1, 0.15) is 27.8 Å². The Kier molecular flexibility index (Phi) is 8.33. The van der Waals surface area contributed by atoms with Crippen molar-refractivity contribution in [1.82, 2.24) is 5.43 Å². The van der Waals surface area contributed by atoms with Gasteiger partial charge in [-0.2, -0.15) is 5.10 Å². The minimum Gasteiger partial charge on any atom is -0.493 e. The number of hydrogen-bond donors (Lipinski definition) is 1. The Morgan fingerprint density at radius 3 is 2.55 bits per heavy atom. The third-order valence-corrected chi connectivity index (χ3v) is 5.42. The number of methoxy groups -OCH3 is 1. The molecule has 0 radical (unpaired) electrons. The van der Waals surface area contributed by atoms with Gasteiger partial charge < -0.3 is 14.2 Å². The second-order valence-electron chi connectivity index (χ2n) is 7.58. The highest BCUT2D eigenvalue weighted by atomic mass is 35.5. The van der Waals surface area contributed by atoms with Crippen LogP contribution in [0.5, 0.6) is 17.2 Å². The molecule has 3 aromatic rings. The summed E-state index contributed by atoms with van der Waals surface area (Å²) >= 11 is 6.18. The van der Waals surface area contributed by atoms with E-state index in [1.54, 1.807) is 19.2 Å². The Morgan fingerprint density at radius 1 is 1.00 bits per heavy atom. The summed E-state index contributed by atoms with van der Waals surface area (Å²) in [7, 11) is 1.56. The highest BCUT2D eigenvalue weighted by Crippen LogP contribution is 2.29. The number of rotatable bonds is 9. The minimum absolute atomic E-state index is 0.126. The van der Waals surface area contributed by atoms with E-state index in [4.69, 9.17) is 25.8 Å². The SMILES string of the molecule is COc1cc(/C=N/NC(=O)COc2cc(C)cc(C)c2C)ccc1OCc1ccccc1Cl. The number of nitrogens with zero attached hydrogens (tertiary/aromatic N) is 1. The topological polar surface area (TPSA) is 69.2 Å². The monoisotopic (exact) mass is 466 g/mol. The van der Waals surface area contributed by atoms with Crippen LogP contribution in [0.15, 0.2) is 59.7 Å². The van der Waals surface area contributed by atoms with Crippen molar-refractivity contribution >= 4 is 23.7 Å². The molecule has 0 spiro atoms. The van der Waals surface area contributed by atoms with E-state index in [9.17, 15) is 4.79 Å². The zero-order chi connectivity index (χ0) is 23.8. The number of ether oxygens (including phenoxy) is 3. The second-order valence-corrected chi connectivity index (χ2v) is 7.98. The Hall–Kier alpha value is -3.51. The van der Waals surface area contributed by atoms with Gasteiger partial charge in [0.25, 0.3) is 5.91 Å². The molecule has 0 fully saturated rings. The summed E-state index contributed by atoms with van der Waals surface area (Å²) in [6.07, 6.45) is 1.53. The Balaban J connectivity index is 1.55. The Bertz CT molecular complexity index is 1160. The first-order valence-electron chi connectivity index (χ1n) is 10.4. The van der Waals surface area contributed by atoms with E-state index >= 15 is 0 Å². The standard InChI is InChI=1S/C26H27ClN2O4/c1-17-11-18(2)19(3)24(12-17)33-16-26(30)29-28-14-20-9-10-23(25(13-20)31-4)32-15-21-7-5-6-8-22(21)27/h5-14H,15-16H2,1-4H3,(H,29,30)/b28-14+. The molecule has 0 aliphatic carbocycles. The van der Waals surface area contributed by atoms with Crippen LogP contribution in [0.2, 0.25) is 5.02 Å². The van der Waals surface area contributed by atoms with Crippen LogP contribution < -0.4 is 19.6 Å². The van der Waals surface area contributed by atoms with Gasteiger partial charge in [0, 0.05) is 10.6 Å². The first-order valence-corrected chi connectivity index (χ1v) is 10.8. The lowest BCUT2D eigenvalue weighted by Gasteiger charge is -2.12. The molecule has 1 amide bonds. The van der Waals surface area contributed by atoms with Gasteiger partial charge in [-0.25, -0.2) is 5.43 Å². The summed E-state index contributed by atoms with van der Waals surface area (Å²) in [4.78, 5) is 12.1. The van der Waals surface area contributed by atoms with Crippen molar-refractivity contribution in [3.05, 3.63) is 87.4 Å². The summed E-state index contributed by atoms with van der Waals surface area (Å²) in [5.74, 6) is 1.47. The van der Waals surface area contributed by atoms with Crippen molar-refractivity contribution in [2.75, 3.05) is 13.7 Å². The predicted octanol–water partition coefficient (Wildman–Crippen LogP) is 5.38. The third-order valence-electron chi connectivity index (χ3n) is 5.05. The number of amides is 1. The molecule has 0 aliphatic rings. The van der Waals surface area contributed by atoms with Crippen LogP contribution in [0.25, 0.3) is 0 Å². The van der Waals surface area contributed by atoms with E-state index in [0.29, 0.717) is 28.9 Å². The van der Waals surface area contributed by atoms with Crippen LogP contribution in [-0.4, -0.2) is 25.8 Å². The largest absolute Gasteiger partial charge is 0.493 e. The molecule has 0 saturated heterocycles. The second kappa shape index (κ2) is 11.4. The van der Waals surface area contributed by atoms with Crippen LogP contribution >= 0.6 is 11.6 Å². The van der Waals surface area contributed by atoms with E-state index < -0.39 is 0 Å². The molecule has 33 heavy (non-hydrogen) atoms. The first kappa shape index (κ1) is 24.1. The fraction of sp³-hybridized carbons (Fsp3) is 0.231. The van der Waals surface area contributed by atoms with E-state index in [0.717, 1.165) is 27.8 Å². The molecule has 0 aliphatic heterocycles. The van der Waals surface area contributed by atoms with Crippen LogP contribution in [0.3, 0.4) is 0 Å². The number of carbonyl (C=O) groups excluding carboxylic acids is 1. The summed E-state index contributed by atoms with van der Waals surface area (Å²) in [5, 5.41) is 4.65. The van der Waals surface area contributed by atoms with E-state index in [2.05, 4.69) is 16.6 Å². The lowest BCUT2D eigenvalue weighted by atomic mass is 10.1. The third kappa shape index (κ3) is 6.73. The highest BCUT2D eigenvalue weighted by Gasteiger charge is 2.09. The van der Waals surface area contributed by atoms with Gasteiger partial charge in [-0.15, -0.1) is 0 Å². The normalized spacial score (nSPS) is 10.8. The van der Waals surface area contributed by atoms with Crippen molar-refractivity contribution in [2.45, 2.75) is 27.4 Å². The van der Waals surface area contributed by atoms with Crippen molar-refractivity contribution in [2.24, 2.45) is 5.10 Å². The molecule has 7 heteroatoms. The lowest BCUT2D eigenvalue weighted by molar-refractivity contribution is -0.123. The van der Waals surface area contributed by atoms with Crippen molar-refractivity contribution in [3.8, 4) is 17.2 Å². The van der Waals surface area contributed by atoms with Crippen LogP contribution in [0.4, 0.5) is 0 Å². The first-order chi connectivity index (χ1) is 15.9. The van der Waals surface area contributed by atoms with E-state index in [1.807, 2.05) is 57.2 Å². The van der Waals surface area contributed by atoms with Gasteiger partial charge in [-0.3, -0.25) is 4.79 Å². The lowest BCUT2D eigenvalue weighted by Crippen LogP contribution is -2.24. The zero-order valence-corrected chi connectivity index (χ0v) is 19.9. The van der Waals surface area contributed by atoms with Crippen LogP contribution in [-0.2, 0) is 11.4 Å². The molecule has 1 N–H and O–H groups in total. The van der Waals surface area contributed by atoms with Crippen molar-refractivity contribution in [1.29, 1.82) is 0 Å². The quantitative estimate of drug-likeness (QED) is 0.339. The molecule has 0 bridgehead atoms. The van der Waals surface area contributed by atoms with Gasteiger partial charge >= 0.3 is 0 Å². The maximum absolute atomic E-state index is 12.1. The summed E-state index contributed by atoms with van der Waals surface area (Å²) in [6, 6.07) is 16.9. The summed E-state index contributed by atoms with van der Waals surface area (Å²) < 4.78 is 16.9. The Labute approximate surface area is 199 Å². The van der Waals surface area contributed by atoms with Crippen molar-refractivity contribution < 1.29 is 19.0 Å². The van der Waals surface area contributed by atoms with Gasteiger partial charge in [0.15, 0.2) is 18.1 Å². The fourth-order valence-electron chi connectivity index (χ4n) is 3.16. The molecule has 6 nitrogen and oxygen atoms in total. The van der Waals surface area contributed by atoms with Gasteiger partial charge in [0.1, 0.15) is 12.4 Å². The number of aryl methyl sites for hydroxylation is 2. The molecular weight excluding hydrogens is 440 g/mol. The van der Waals surface area contributed by atoms with Crippen LogP contribution in [0, 0.1) is 20.8 Å². The molecule has 0 aromatic heterocycles. The molecule has 172 valence electrons. The zero-order valence-electron chi connectivity index (χ0n) is 19.1. The fourth-order valence-corrected chi connectivity index (χ4v) is 3.35. The number of hydrogen-bond acceptors (Lipinski definition) is 5. The number of hydrazone groups is 1. The Morgan fingerprint density at radius 2 is 1.79 bits per heavy atom. The number of halogens is 1. The van der Waals surface area contributed by atoms with Gasteiger partial charge in [0.2, 0.25) is 0 Å². The molecule has 3 rings (SSSR count). The minimum atomic E-state index is -0.350. The molecule has 0 atom stereocenters. The average Bonchev–Trinajstić information content (AvgIpc) is 2.80. The van der Waals surface area contributed by atoms with E-state index in [1.165, 1.54) is 6.21 Å². The van der Waals surface area contributed by atoms with Gasteiger partial charge in [-0.1, -0.05) is 35.9 Å². The molecular formula is C26H27ClN2O4. The molecule has 0 unspecified atom stereocenters. The average molecular weight is 467 g/mol. The maximum Gasteiger partial charge on any atom is 0.277 e. The predicted molar refractivity (Wildman–Crippen MR) is 131 cm³/mol. The van der Waals surface area contributed by atoms with Crippen molar-refractivity contribution in [3.63, 3.8) is 0 Å². The molecule has 0 heterocycles. The highest BCUT2D eigenvalue weighted by molar-refractivity contribution is 6.31. The number of carbonyl (C=O) groups is 1. The van der Waals surface area contributed by atoms with Gasteiger partial charge in [-0.05, 0) is 73.4 Å². The van der Waals surface area contributed by atoms with E-state index in [-0.39, 0.29) is 12.5 Å². The maximum atomic E-state index is 12.1. The number of nitrogens with one attached hydrogen (secondary N) is 1. The summed E-state index contributed by atoms with van der Waals surface area (Å²) in [6.45, 7) is 6.17. The molecule has 3 aromatic carbocycles.